The summed E-state index contributed by atoms with van der Waals surface area (Å²) in [6.07, 6.45) is -2.31. The summed E-state index contributed by atoms with van der Waals surface area (Å²) in [5.74, 6) is -2.26. The van der Waals surface area contributed by atoms with Crippen molar-refractivity contribution in [1.82, 2.24) is 30.0 Å². The highest BCUT2D eigenvalue weighted by Gasteiger charge is 2.53. The molecule has 1 saturated carbocycles. The van der Waals surface area contributed by atoms with E-state index in [-0.39, 0.29) is 54.0 Å². The minimum absolute atomic E-state index is 0.0176. The van der Waals surface area contributed by atoms with Gasteiger partial charge in [0.15, 0.2) is 10.8 Å². The molecule has 1 aliphatic carbocycles. The molecular formula is C38H43F6N9O4S. The van der Waals surface area contributed by atoms with Crippen LogP contribution < -0.4 is 15.5 Å². The van der Waals surface area contributed by atoms with Gasteiger partial charge in [0.05, 0.1) is 29.9 Å². The third-order valence-electron chi connectivity index (χ3n) is 11.5. The highest BCUT2D eigenvalue weighted by Crippen LogP contribution is 2.41. The van der Waals surface area contributed by atoms with Gasteiger partial charge in [-0.15, -0.1) is 0 Å². The molecule has 2 aromatic heterocycles. The molecule has 5 heterocycles. The number of piperidine rings is 1. The summed E-state index contributed by atoms with van der Waals surface area (Å²) in [5.41, 5.74) is -2.87. The molecule has 0 aromatic carbocycles. The smallest absolute Gasteiger partial charge is 0.331 e. The van der Waals surface area contributed by atoms with Crippen molar-refractivity contribution in [2.75, 3.05) is 42.9 Å². The van der Waals surface area contributed by atoms with Gasteiger partial charge in [0.25, 0.3) is 5.91 Å². The fraction of sp³-hybridized carbons (Fsp3) is 0.579. The highest BCUT2D eigenvalue weighted by atomic mass is 32.1. The number of anilines is 2. The first-order valence-electron chi connectivity index (χ1n) is 19.1. The number of nitrogens with one attached hydrogen (secondary N) is 2. The predicted molar refractivity (Wildman–Crippen MR) is 201 cm³/mol. The molecule has 0 radical (unpaired) electrons. The predicted octanol–water partition coefficient (Wildman–Crippen LogP) is 5.13. The van der Waals surface area contributed by atoms with Crippen LogP contribution in [0.5, 0.6) is 0 Å². The van der Waals surface area contributed by atoms with E-state index in [9.17, 15) is 45.5 Å². The third-order valence-corrected chi connectivity index (χ3v) is 11.9. The summed E-state index contributed by atoms with van der Waals surface area (Å²) in [6.45, 7) is 3.32. The molecule has 2 aromatic rings. The van der Waals surface area contributed by atoms with Crippen LogP contribution in [0.25, 0.3) is 0 Å². The standard InChI is InChI=1S/C38H43F6N9O4S/c1-36(2)34(57)52(25-17-27(37(39,40)41)28(18-45)47-19-25)35(58)53(36)24-7-5-22(6-8-24)4-3-13-50-14-15-51(29(20-50)38(42,43)44)21-32(55)48-30-16-23(11-12-46-30)26-9-10-31(54)49-33(26)56/h11-12,16-17,19,22,24,26,29H,3-10,13-15,20-21H2,1-2H3,(H,46,48,55)(H,49,54,56)/t22-,24-,26?,29-/m1/s1. The number of alkyl halides is 6. The van der Waals surface area contributed by atoms with Crippen LogP contribution in [0.2, 0.25) is 0 Å². The second-order valence-electron chi connectivity index (χ2n) is 15.7. The Labute approximate surface area is 336 Å². The van der Waals surface area contributed by atoms with E-state index in [0.29, 0.717) is 50.4 Å². The average Bonchev–Trinajstić information content (AvgIpc) is 3.33. The van der Waals surface area contributed by atoms with Crippen LogP contribution in [-0.2, 0) is 25.4 Å². The minimum atomic E-state index is -4.87. The Kier molecular flexibility index (Phi) is 12.5. The summed E-state index contributed by atoms with van der Waals surface area (Å²) in [6, 6.07) is 3.19. The quantitative estimate of drug-likeness (QED) is 0.186. The molecule has 13 nitrogen and oxygen atoms in total. The Balaban J connectivity index is 0.982. The molecule has 6 rings (SSSR count). The number of carbonyl (C=O) groups excluding carboxylic acids is 4. The van der Waals surface area contributed by atoms with E-state index in [2.05, 4.69) is 20.6 Å². The number of nitriles is 1. The zero-order valence-corrected chi connectivity index (χ0v) is 32.6. The molecule has 312 valence electrons. The van der Waals surface area contributed by atoms with E-state index in [0.717, 1.165) is 35.3 Å². The maximum absolute atomic E-state index is 14.3. The van der Waals surface area contributed by atoms with Crippen molar-refractivity contribution < 1.29 is 45.5 Å². The van der Waals surface area contributed by atoms with E-state index in [4.69, 9.17) is 17.5 Å². The number of halogens is 6. The molecule has 3 saturated heterocycles. The van der Waals surface area contributed by atoms with Crippen LogP contribution >= 0.6 is 12.2 Å². The molecule has 58 heavy (non-hydrogen) atoms. The van der Waals surface area contributed by atoms with E-state index in [1.165, 1.54) is 18.3 Å². The van der Waals surface area contributed by atoms with Crippen LogP contribution in [0.4, 0.5) is 37.8 Å². The van der Waals surface area contributed by atoms with Crippen molar-refractivity contribution in [3.05, 3.63) is 47.4 Å². The summed E-state index contributed by atoms with van der Waals surface area (Å²) in [4.78, 5) is 63.7. The number of aromatic nitrogens is 2. The number of pyridine rings is 2. The lowest BCUT2D eigenvalue weighted by atomic mass is 9.82. The highest BCUT2D eigenvalue weighted by molar-refractivity contribution is 7.80. The van der Waals surface area contributed by atoms with E-state index < -0.39 is 65.4 Å². The molecule has 2 atom stereocenters. The number of hydrogen-bond donors (Lipinski definition) is 2. The summed E-state index contributed by atoms with van der Waals surface area (Å²) >= 11 is 5.67. The normalized spacial score (nSPS) is 24.8. The number of amides is 4. The SMILES string of the molecule is CC1(C)C(=O)N(c2cnc(C#N)c(C(F)(F)F)c2)C(=S)N1[C@H]1CC[C@H](CCCN2CCN(CC(=O)Nc3cc(C4CCC(=O)NC4=O)ccn3)[C@@H](C(F)(F)F)C2)CC1. The number of nitrogens with zero attached hydrogens (tertiary/aromatic N) is 7. The van der Waals surface area contributed by atoms with Gasteiger partial charge in [-0.05, 0) is 107 Å². The number of hydrogen-bond acceptors (Lipinski definition) is 10. The molecule has 4 aliphatic rings. The molecule has 3 aliphatic heterocycles. The number of imide groups is 1. The number of rotatable bonds is 10. The first kappa shape index (κ1) is 42.9. The van der Waals surface area contributed by atoms with Crippen molar-refractivity contribution >= 4 is 52.5 Å². The summed E-state index contributed by atoms with van der Waals surface area (Å²) in [5, 5.41) is 14.0. The number of piperazine rings is 1. The second kappa shape index (κ2) is 16.9. The van der Waals surface area contributed by atoms with Crippen LogP contribution in [0.15, 0.2) is 30.6 Å². The van der Waals surface area contributed by atoms with Gasteiger partial charge in [-0.1, -0.05) is 0 Å². The van der Waals surface area contributed by atoms with Gasteiger partial charge in [-0.2, -0.15) is 31.6 Å². The Hall–Kier alpha value is -4.74. The van der Waals surface area contributed by atoms with Crippen molar-refractivity contribution in [3.63, 3.8) is 0 Å². The van der Waals surface area contributed by atoms with Crippen LogP contribution in [0.1, 0.15) is 88.0 Å². The summed E-state index contributed by atoms with van der Waals surface area (Å²) < 4.78 is 83.9. The lowest BCUT2D eigenvalue weighted by molar-refractivity contribution is -0.197. The van der Waals surface area contributed by atoms with Crippen molar-refractivity contribution in [2.45, 2.75) is 101 Å². The molecule has 0 spiro atoms. The first-order valence-corrected chi connectivity index (χ1v) is 19.5. The molecule has 4 amide bonds. The number of thiocarbonyl (C=S) groups is 1. The van der Waals surface area contributed by atoms with E-state index >= 15 is 0 Å². The number of carbonyl (C=O) groups is 4. The Bertz CT molecular complexity index is 1980. The summed E-state index contributed by atoms with van der Waals surface area (Å²) in [7, 11) is 0. The minimum Gasteiger partial charge on any atom is -0.331 e. The monoisotopic (exact) mass is 835 g/mol. The van der Waals surface area contributed by atoms with Gasteiger partial charge in [-0.3, -0.25) is 34.3 Å². The Morgan fingerprint density at radius 3 is 2.43 bits per heavy atom. The van der Waals surface area contributed by atoms with Crippen LogP contribution in [-0.4, -0.2) is 110 Å². The fourth-order valence-electron chi connectivity index (χ4n) is 8.52. The zero-order chi connectivity index (χ0) is 42.2. The molecule has 4 fully saturated rings. The molecule has 1 unspecified atom stereocenters. The molecule has 2 N–H and O–H groups in total. The molecular weight excluding hydrogens is 793 g/mol. The zero-order valence-electron chi connectivity index (χ0n) is 31.8. The third kappa shape index (κ3) is 9.26. The van der Waals surface area contributed by atoms with Gasteiger partial charge in [-0.25, -0.2) is 9.97 Å². The average molecular weight is 836 g/mol. The van der Waals surface area contributed by atoms with E-state index in [1.54, 1.807) is 29.7 Å². The van der Waals surface area contributed by atoms with Crippen LogP contribution in [0, 0.1) is 17.2 Å². The van der Waals surface area contributed by atoms with Gasteiger partial charge in [0.2, 0.25) is 17.7 Å². The van der Waals surface area contributed by atoms with Crippen LogP contribution in [0.3, 0.4) is 0 Å². The first-order chi connectivity index (χ1) is 27.3. The topological polar surface area (TPSA) is 155 Å². The largest absolute Gasteiger partial charge is 0.419 e. The Morgan fingerprint density at radius 1 is 1.05 bits per heavy atom. The second-order valence-corrected chi connectivity index (χ2v) is 16.1. The maximum atomic E-state index is 14.3. The van der Waals surface area contributed by atoms with Gasteiger partial charge in [0, 0.05) is 38.3 Å². The van der Waals surface area contributed by atoms with Crippen molar-refractivity contribution in [1.29, 1.82) is 5.26 Å². The van der Waals surface area contributed by atoms with Crippen molar-refractivity contribution in [2.24, 2.45) is 5.92 Å². The van der Waals surface area contributed by atoms with Crippen molar-refractivity contribution in [3.8, 4) is 6.07 Å². The van der Waals surface area contributed by atoms with Gasteiger partial charge in [0.1, 0.15) is 23.5 Å². The van der Waals surface area contributed by atoms with Gasteiger partial charge >= 0.3 is 12.4 Å². The van der Waals surface area contributed by atoms with Gasteiger partial charge < -0.3 is 15.1 Å². The molecule has 20 heteroatoms. The maximum Gasteiger partial charge on any atom is 0.419 e. The van der Waals surface area contributed by atoms with E-state index in [1.807, 2.05) is 0 Å². The Morgan fingerprint density at radius 2 is 1.78 bits per heavy atom. The fourth-order valence-corrected chi connectivity index (χ4v) is 9.08. The molecule has 0 bridgehead atoms. The lowest BCUT2D eigenvalue weighted by Gasteiger charge is -2.42. The lowest BCUT2D eigenvalue weighted by Crippen LogP contribution is -2.60.